The number of aromatic carboxylic acids is 1. The number of nitrogens with zero attached hydrogens (tertiary/aromatic N) is 1. The predicted octanol–water partition coefficient (Wildman–Crippen LogP) is 4.18. The second kappa shape index (κ2) is 8.26. The molecule has 2 aromatic carbocycles. The van der Waals surface area contributed by atoms with Gasteiger partial charge < -0.3 is 9.84 Å². The summed E-state index contributed by atoms with van der Waals surface area (Å²) in [5.41, 5.74) is 2.57. The van der Waals surface area contributed by atoms with Crippen LogP contribution >= 0.6 is 11.3 Å². The average Bonchev–Trinajstić information content (AvgIpc) is 3.11. The highest BCUT2D eigenvalue weighted by Gasteiger charge is 2.09. The average molecular weight is 368 g/mol. The number of aromatic nitrogens is 1. The van der Waals surface area contributed by atoms with Gasteiger partial charge in [0.15, 0.2) is 5.69 Å². The molecule has 132 valence electrons. The zero-order chi connectivity index (χ0) is 18.4. The first-order valence-corrected chi connectivity index (χ1v) is 8.72. The number of benzene rings is 2. The summed E-state index contributed by atoms with van der Waals surface area (Å²) >= 11 is 1.31. The summed E-state index contributed by atoms with van der Waals surface area (Å²) < 4.78 is 5.17. The first-order chi connectivity index (χ1) is 12.6. The summed E-state index contributed by atoms with van der Waals surface area (Å²) in [6, 6.07) is 16.7. The number of carbonyl (C=O) groups excluding carboxylic acids is 1. The Morgan fingerprint density at radius 1 is 1.04 bits per heavy atom. The molecule has 0 atom stereocenters. The van der Waals surface area contributed by atoms with E-state index in [4.69, 9.17) is 9.84 Å². The van der Waals surface area contributed by atoms with Crippen LogP contribution in [-0.2, 0) is 17.8 Å². The Balaban J connectivity index is 1.52. The number of hydrogen-bond donors (Lipinski definition) is 2. The van der Waals surface area contributed by atoms with E-state index in [1.807, 2.05) is 42.5 Å². The minimum Gasteiger partial charge on any atom is -0.476 e. The van der Waals surface area contributed by atoms with Crippen LogP contribution in [-0.4, -0.2) is 22.2 Å². The fraction of sp³-hybridized carbons (Fsp3) is 0.105. The van der Waals surface area contributed by atoms with Crippen molar-refractivity contribution in [2.75, 3.05) is 5.32 Å². The van der Waals surface area contributed by atoms with Crippen molar-refractivity contribution >= 4 is 29.1 Å². The fourth-order valence-corrected chi connectivity index (χ4v) is 3.05. The van der Waals surface area contributed by atoms with Gasteiger partial charge in [0, 0.05) is 17.5 Å². The number of carboxylic acid groups (broad SMARTS) is 1. The zero-order valence-corrected chi connectivity index (χ0v) is 14.5. The number of amides is 1. The summed E-state index contributed by atoms with van der Waals surface area (Å²) in [5.74, 6) is -1.03. The Morgan fingerprint density at radius 2 is 1.77 bits per heavy atom. The van der Waals surface area contributed by atoms with E-state index < -0.39 is 12.1 Å². The van der Waals surface area contributed by atoms with Crippen LogP contribution in [0.25, 0.3) is 0 Å². The lowest BCUT2D eigenvalue weighted by molar-refractivity contribution is 0.0691. The van der Waals surface area contributed by atoms with Crippen LogP contribution < -0.4 is 5.32 Å². The van der Waals surface area contributed by atoms with Crippen LogP contribution in [0, 0.1) is 0 Å². The van der Waals surface area contributed by atoms with E-state index in [9.17, 15) is 9.59 Å². The van der Waals surface area contributed by atoms with Gasteiger partial charge in [0.1, 0.15) is 6.61 Å². The van der Waals surface area contributed by atoms with Gasteiger partial charge in [0.05, 0.1) is 5.01 Å². The molecule has 3 aromatic rings. The van der Waals surface area contributed by atoms with Gasteiger partial charge in [-0.2, -0.15) is 0 Å². The summed E-state index contributed by atoms with van der Waals surface area (Å²) in [6.45, 7) is 0.209. The highest BCUT2D eigenvalue weighted by molar-refractivity contribution is 7.09. The molecule has 0 spiro atoms. The quantitative estimate of drug-likeness (QED) is 0.681. The van der Waals surface area contributed by atoms with Gasteiger partial charge in [-0.1, -0.05) is 42.5 Å². The maximum atomic E-state index is 11.8. The summed E-state index contributed by atoms with van der Waals surface area (Å²) in [5, 5.41) is 13.8. The monoisotopic (exact) mass is 368 g/mol. The third-order valence-corrected chi connectivity index (χ3v) is 4.39. The van der Waals surface area contributed by atoms with Crippen molar-refractivity contribution in [3.8, 4) is 0 Å². The van der Waals surface area contributed by atoms with Crippen molar-refractivity contribution in [2.45, 2.75) is 13.0 Å². The van der Waals surface area contributed by atoms with Gasteiger partial charge in [-0.25, -0.2) is 14.6 Å². The van der Waals surface area contributed by atoms with Crippen LogP contribution in [0.3, 0.4) is 0 Å². The minimum atomic E-state index is -1.03. The fourth-order valence-electron chi connectivity index (χ4n) is 2.25. The Kier molecular flexibility index (Phi) is 5.60. The van der Waals surface area contributed by atoms with E-state index in [1.54, 1.807) is 12.1 Å². The molecule has 0 saturated heterocycles. The first kappa shape index (κ1) is 17.6. The highest BCUT2D eigenvalue weighted by atomic mass is 32.1. The lowest BCUT2D eigenvalue weighted by Crippen LogP contribution is -2.13. The summed E-state index contributed by atoms with van der Waals surface area (Å²) in [6.07, 6.45) is 0.0177. The maximum Gasteiger partial charge on any atom is 0.411 e. The number of carbonyl (C=O) groups is 2. The molecule has 0 radical (unpaired) electrons. The molecule has 0 bridgehead atoms. The standard InChI is InChI=1S/C19H16N2O4S/c22-18(23)16-12-26-17(21-16)10-13-6-8-15(9-7-13)20-19(24)25-11-14-4-2-1-3-5-14/h1-9,12H,10-11H2,(H,20,24)(H,22,23). The largest absolute Gasteiger partial charge is 0.476 e. The third kappa shape index (κ3) is 4.90. The van der Waals surface area contributed by atoms with Crippen molar-refractivity contribution in [3.63, 3.8) is 0 Å². The maximum absolute atomic E-state index is 11.8. The topological polar surface area (TPSA) is 88.5 Å². The summed E-state index contributed by atoms with van der Waals surface area (Å²) in [4.78, 5) is 26.7. The SMILES string of the molecule is O=C(Nc1ccc(Cc2nc(C(=O)O)cs2)cc1)OCc1ccccc1. The van der Waals surface area contributed by atoms with Gasteiger partial charge >= 0.3 is 12.1 Å². The molecule has 7 heteroatoms. The van der Waals surface area contributed by atoms with E-state index in [2.05, 4.69) is 10.3 Å². The van der Waals surface area contributed by atoms with Gasteiger partial charge in [0.25, 0.3) is 0 Å². The Hall–Kier alpha value is -3.19. The predicted molar refractivity (Wildman–Crippen MR) is 98.6 cm³/mol. The lowest BCUT2D eigenvalue weighted by Gasteiger charge is -2.07. The normalized spacial score (nSPS) is 10.3. The van der Waals surface area contributed by atoms with E-state index >= 15 is 0 Å². The molecule has 0 fully saturated rings. The second-order valence-electron chi connectivity index (χ2n) is 5.49. The molecule has 2 N–H and O–H groups in total. The van der Waals surface area contributed by atoms with Gasteiger partial charge in [-0.15, -0.1) is 11.3 Å². The first-order valence-electron chi connectivity index (χ1n) is 7.84. The summed E-state index contributed by atoms with van der Waals surface area (Å²) in [7, 11) is 0. The van der Waals surface area contributed by atoms with Crippen LogP contribution in [0.5, 0.6) is 0 Å². The molecule has 0 aliphatic heterocycles. The van der Waals surface area contributed by atoms with E-state index in [-0.39, 0.29) is 12.3 Å². The molecule has 0 unspecified atom stereocenters. The van der Waals surface area contributed by atoms with E-state index in [0.717, 1.165) is 16.1 Å². The highest BCUT2D eigenvalue weighted by Crippen LogP contribution is 2.17. The van der Waals surface area contributed by atoms with Crippen molar-refractivity contribution < 1.29 is 19.4 Å². The van der Waals surface area contributed by atoms with E-state index in [1.165, 1.54) is 16.7 Å². The van der Waals surface area contributed by atoms with Gasteiger partial charge in [-0.3, -0.25) is 5.32 Å². The van der Waals surface area contributed by atoms with Crippen LogP contribution in [0.4, 0.5) is 10.5 Å². The third-order valence-electron chi connectivity index (χ3n) is 3.54. The number of hydrogen-bond acceptors (Lipinski definition) is 5. The van der Waals surface area contributed by atoms with Gasteiger partial charge in [0.2, 0.25) is 0 Å². The van der Waals surface area contributed by atoms with Gasteiger partial charge in [-0.05, 0) is 23.3 Å². The van der Waals surface area contributed by atoms with Crippen LogP contribution in [0.15, 0.2) is 60.0 Å². The van der Waals surface area contributed by atoms with Crippen molar-refractivity contribution in [1.82, 2.24) is 4.98 Å². The van der Waals surface area contributed by atoms with Crippen molar-refractivity contribution in [1.29, 1.82) is 0 Å². The number of thiazole rings is 1. The van der Waals surface area contributed by atoms with Crippen molar-refractivity contribution in [3.05, 3.63) is 81.8 Å². The number of anilines is 1. The van der Waals surface area contributed by atoms with Crippen molar-refractivity contribution in [2.24, 2.45) is 0 Å². The minimum absolute atomic E-state index is 0.0597. The molecule has 3 rings (SSSR count). The molecule has 1 heterocycles. The van der Waals surface area contributed by atoms with Crippen LogP contribution in [0.2, 0.25) is 0 Å². The second-order valence-corrected chi connectivity index (χ2v) is 6.43. The smallest absolute Gasteiger partial charge is 0.411 e. The Bertz CT molecular complexity index is 891. The van der Waals surface area contributed by atoms with E-state index in [0.29, 0.717) is 12.1 Å². The molecular weight excluding hydrogens is 352 g/mol. The molecule has 26 heavy (non-hydrogen) atoms. The number of rotatable bonds is 6. The molecule has 0 aliphatic carbocycles. The molecular formula is C19H16N2O4S. The molecule has 1 aromatic heterocycles. The number of nitrogens with one attached hydrogen (secondary N) is 1. The lowest BCUT2D eigenvalue weighted by atomic mass is 10.1. The molecule has 1 amide bonds. The Labute approximate surface area is 154 Å². The molecule has 0 saturated carbocycles. The molecule has 6 nitrogen and oxygen atoms in total. The number of ether oxygens (including phenoxy) is 1. The Morgan fingerprint density at radius 3 is 2.42 bits per heavy atom. The molecule has 0 aliphatic rings. The zero-order valence-electron chi connectivity index (χ0n) is 13.7. The van der Waals surface area contributed by atoms with Crippen LogP contribution in [0.1, 0.15) is 26.6 Å². The number of carboxylic acids is 1.